The van der Waals surface area contributed by atoms with E-state index in [1.807, 2.05) is 0 Å². The number of carbonyl (C=O) groups excluding carboxylic acids is 1. The Bertz CT molecular complexity index is 863. The summed E-state index contributed by atoms with van der Waals surface area (Å²) in [6.07, 6.45) is 2.77. The van der Waals surface area contributed by atoms with Crippen LogP contribution in [0.15, 0.2) is 29.1 Å². The molecule has 118 valence electrons. The fourth-order valence-electron chi connectivity index (χ4n) is 2.05. The number of fused-ring (bicyclic) bond motifs is 1. The Morgan fingerprint density at radius 1 is 1.65 bits per heavy atom. The number of hydrogen-bond donors (Lipinski definition) is 0. The SMILES string of the molecule is CCOC(=O)C(=Cc1cccn2c([N+](=O)[O-])c(C)nc12)N=[N+]=[N-]. The molecule has 0 amide bonds. The summed E-state index contributed by atoms with van der Waals surface area (Å²) < 4.78 is 6.09. The molecule has 0 spiro atoms. The topological polar surface area (TPSA) is 136 Å². The number of carbonyl (C=O) groups is 1. The maximum absolute atomic E-state index is 11.8. The lowest BCUT2D eigenvalue weighted by atomic mass is 10.2. The first-order valence-electron chi connectivity index (χ1n) is 6.55. The third kappa shape index (κ3) is 3.11. The van der Waals surface area contributed by atoms with Gasteiger partial charge in [0.2, 0.25) is 5.65 Å². The Hall–Kier alpha value is -3.39. The third-order valence-electron chi connectivity index (χ3n) is 2.92. The van der Waals surface area contributed by atoms with Crippen LogP contribution < -0.4 is 0 Å². The highest BCUT2D eigenvalue weighted by molar-refractivity contribution is 5.94. The molecule has 0 atom stereocenters. The summed E-state index contributed by atoms with van der Waals surface area (Å²) in [6, 6.07) is 3.16. The van der Waals surface area contributed by atoms with Crippen molar-refractivity contribution >= 4 is 23.5 Å². The van der Waals surface area contributed by atoms with Crippen molar-refractivity contribution in [2.75, 3.05) is 6.61 Å². The molecule has 2 aromatic heterocycles. The van der Waals surface area contributed by atoms with Gasteiger partial charge in [0, 0.05) is 10.5 Å². The maximum atomic E-state index is 11.8. The number of aromatic nitrogens is 2. The lowest BCUT2D eigenvalue weighted by molar-refractivity contribution is -0.390. The van der Waals surface area contributed by atoms with E-state index in [0.29, 0.717) is 5.56 Å². The molecule has 0 saturated carbocycles. The minimum absolute atomic E-state index is 0.120. The lowest BCUT2D eigenvalue weighted by Gasteiger charge is -2.01. The maximum Gasteiger partial charge on any atom is 0.350 e. The normalized spacial score (nSPS) is 11.1. The van der Waals surface area contributed by atoms with E-state index < -0.39 is 10.9 Å². The van der Waals surface area contributed by atoms with Crippen LogP contribution in [0.5, 0.6) is 0 Å². The number of aryl methyl sites for hydroxylation is 1. The van der Waals surface area contributed by atoms with Gasteiger partial charge >= 0.3 is 11.8 Å². The van der Waals surface area contributed by atoms with Crippen molar-refractivity contribution in [1.82, 2.24) is 9.38 Å². The standard InChI is InChI=1S/C13H12N6O4/c1-3-23-13(20)10(16-17-14)7-9-5-4-6-18-11(9)15-8(2)12(18)19(21)22/h4-7H,3H2,1-2H3. The van der Waals surface area contributed by atoms with E-state index in [1.165, 1.54) is 23.6 Å². The summed E-state index contributed by atoms with van der Waals surface area (Å²) in [5.74, 6) is -0.957. The molecular weight excluding hydrogens is 304 g/mol. The average molecular weight is 316 g/mol. The fraction of sp³-hybridized carbons (Fsp3) is 0.231. The summed E-state index contributed by atoms with van der Waals surface area (Å²) in [7, 11) is 0. The van der Waals surface area contributed by atoms with Gasteiger partial charge in [-0.2, -0.15) is 4.40 Å². The van der Waals surface area contributed by atoms with Crippen molar-refractivity contribution in [1.29, 1.82) is 0 Å². The number of nitro groups is 1. The van der Waals surface area contributed by atoms with Gasteiger partial charge in [-0.05, 0) is 42.5 Å². The molecule has 0 bridgehead atoms. The number of nitrogens with zero attached hydrogens (tertiary/aromatic N) is 6. The highest BCUT2D eigenvalue weighted by atomic mass is 16.6. The molecule has 0 aliphatic rings. The van der Waals surface area contributed by atoms with Gasteiger partial charge in [0.05, 0.1) is 12.8 Å². The molecule has 0 saturated heterocycles. The van der Waals surface area contributed by atoms with Crippen molar-refractivity contribution in [3.8, 4) is 0 Å². The molecule has 0 unspecified atom stereocenters. The van der Waals surface area contributed by atoms with Crippen molar-refractivity contribution < 1.29 is 14.5 Å². The van der Waals surface area contributed by atoms with Gasteiger partial charge in [-0.1, -0.05) is 5.11 Å². The van der Waals surface area contributed by atoms with Crippen LogP contribution in [0.1, 0.15) is 18.2 Å². The minimum atomic E-state index is -0.787. The summed E-state index contributed by atoms with van der Waals surface area (Å²) in [4.78, 5) is 29.1. The fourth-order valence-corrected chi connectivity index (χ4v) is 2.05. The highest BCUT2D eigenvalue weighted by Crippen LogP contribution is 2.23. The molecule has 10 heteroatoms. The van der Waals surface area contributed by atoms with Crippen molar-refractivity contribution in [3.05, 3.63) is 55.8 Å². The summed E-state index contributed by atoms with van der Waals surface area (Å²) in [5, 5.41) is 14.4. The lowest BCUT2D eigenvalue weighted by Crippen LogP contribution is -2.05. The molecule has 0 aromatic carbocycles. The Kier molecular flexibility index (Phi) is 4.58. The molecule has 0 aliphatic heterocycles. The summed E-state index contributed by atoms with van der Waals surface area (Å²) in [5.41, 5.74) is 9.20. The zero-order chi connectivity index (χ0) is 17.0. The molecular formula is C13H12N6O4. The first-order valence-corrected chi connectivity index (χ1v) is 6.55. The zero-order valence-electron chi connectivity index (χ0n) is 12.3. The Morgan fingerprint density at radius 3 is 3.00 bits per heavy atom. The average Bonchev–Trinajstić information content (AvgIpc) is 2.84. The van der Waals surface area contributed by atoms with Crippen LogP contribution in [-0.4, -0.2) is 26.9 Å². The molecule has 2 heterocycles. The molecule has 2 rings (SSSR count). The van der Waals surface area contributed by atoms with Crippen LogP contribution in [0.4, 0.5) is 5.82 Å². The second-order valence-electron chi connectivity index (χ2n) is 4.37. The van der Waals surface area contributed by atoms with Gasteiger partial charge in [-0.3, -0.25) is 0 Å². The first kappa shape index (κ1) is 16.0. The smallest absolute Gasteiger partial charge is 0.350 e. The van der Waals surface area contributed by atoms with Crippen LogP contribution in [0.3, 0.4) is 0 Å². The van der Waals surface area contributed by atoms with Crippen molar-refractivity contribution in [2.45, 2.75) is 13.8 Å². The highest BCUT2D eigenvalue weighted by Gasteiger charge is 2.21. The van der Waals surface area contributed by atoms with Gasteiger partial charge in [0.15, 0.2) is 0 Å². The number of esters is 1. The van der Waals surface area contributed by atoms with Gasteiger partial charge in [-0.25, -0.2) is 9.78 Å². The molecule has 0 radical (unpaired) electrons. The number of rotatable bonds is 5. The van der Waals surface area contributed by atoms with E-state index in [4.69, 9.17) is 10.3 Å². The largest absolute Gasteiger partial charge is 0.462 e. The van der Waals surface area contributed by atoms with Gasteiger partial charge in [-0.15, -0.1) is 0 Å². The van der Waals surface area contributed by atoms with Gasteiger partial charge < -0.3 is 14.9 Å². The second kappa shape index (κ2) is 6.58. The minimum Gasteiger partial charge on any atom is -0.462 e. The van der Waals surface area contributed by atoms with Gasteiger partial charge in [0.25, 0.3) is 0 Å². The molecule has 10 nitrogen and oxygen atoms in total. The van der Waals surface area contributed by atoms with Crippen molar-refractivity contribution in [3.63, 3.8) is 0 Å². The molecule has 23 heavy (non-hydrogen) atoms. The van der Waals surface area contributed by atoms with E-state index in [1.54, 1.807) is 19.1 Å². The summed E-state index contributed by atoms with van der Waals surface area (Å²) >= 11 is 0. The summed E-state index contributed by atoms with van der Waals surface area (Å²) in [6.45, 7) is 3.25. The molecule has 0 N–H and O–H groups in total. The Labute approximate surface area is 129 Å². The van der Waals surface area contributed by atoms with Crippen molar-refractivity contribution in [2.24, 2.45) is 5.11 Å². The van der Waals surface area contributed by atoms with E-state index in [-0.39, 0.29) is 29.5 Å². The number of pyridine rings is 1. The number of imidazole rings is 1. The third-order valence-corrected chi connectivity index (χ3v) is 2.92. The zero-order valence-corrected chi connectivity index (χ0v) is 12.3. The van der Waals surface area contributed by atoms with E-state index in [2.05, 4.69) is 15.0 Å². The predicted octanol–water partition coefficient (Wildman–Crippen LogP) is 2.77. The monoisotopic (exact) mass is 316 g/mol. The quantitative estimate of drug-likeness (QED) is 0.159. The number of ether oxygens (including phenoxy) is 1. The van der Waals surface area contributed by atoms with E-state index in [9.17, 15) is 14.9 Å². The van der Waals surface area contributed by atoms with E-state index >= 15 is 0 Å². The molecule has 2 aromatic rings. The van der Waals surface area contributed by atoms with Crippen LogP contribution in [-0.2, 0) is 9.53 Å². The predicted molar refractivity (Wildman–Crippen MR) is 80.3 cm³/mol. The van der Waals surface area contributed by atoms with E-state index in [0.717, 1.165) is 0 Å². The van der Waals surface area contributed by atoms with Crippen LogP contribution in [0, 0.1) is 17.0 Å². The number of hydrogen-bond acceptors (Lipinski definition) is 6. The molecule has 0 fully saturated rings. The second-order valence-corrected chi connectivity index (χ2v) is 4.37. The van der Waals surface area contributed by atoms with Crippen LogP contribution in [0.25, 0.3) is 22.2 Å². The first-order chi connectivity index (χ1) is 11.0. The van der Waals surface area contributed by atoms with Gasteiger partial charge in [0.1, 0.15) is 11.4 Å². The Morgan fingerprint density at radius 2 is 2.39 bits per heavy atom. The van der Waals surface area contributed by atoms with Crippen LogP contribution >= 0.6 is 0 Å². The number of azide groups is 1. The molecule has 0 aliphatic carbocycles. The Balaban J connectivity index is 2.65. The van der Waals surface area contributed by atoms with Crippen LogP contribution in [0.2, 0.25) is 0 Å².